The van der Waals surface area contributed by atoms with Crippen molar-refractivity contribution < 1.29 is 1.43 Å². The van der Waals surface area contributed by atoms with Gasteiger partial charge in [0.25, 0.3) is 0 Å². The Morgan fingerprint density at radius 2 is 2.62 bits per heavy atom. The van der Waals surface area contributed by atoms with Crippen LogP contribution in [0.4, 0.5) is 0 Å². The van der Waals surface area contributed by atoms with E-state index in [1.807, 2.05) is 0 Å². The SMILES string of the molecule is NCCn1cncn1.[HH]. The summed E-state index contributed by atoms with van der Waals surface area (Å²) in [5.74, 6) is 0. The van der Waals surface area contributed by atoms with Crippen molar-refractivity contribution in [3.8, 4) is 0 Å². The Morgan fingerprint density at radius 3 is 3.12 bits per heavy atom. The van der Waals surface area contributed by atoms with E-state index in [2.05, 4.69) is 10.1 Å². The molecule has 8 heavy (non-hydrogen) atoms. The standard InChI is InChI=1S/C4H8N4.H2/c5-1-2-8-4-6-3-7-8;/h3-4H,1-2,5H2;1H. The van der Waals surface area contributed by atoms with E-state index in [4.69, 9.17) is 5.73 Å². The Labute approximate surface area is 48.8 Å². The van der Waals surface area contributed by atoms with E-state index in [-0.39, 0.29) is 1.43 Å². The first kappa shape index (κ1) is 5.24. The molecule has 0 saturated heterocycles. The fraction of sp³-hybridized carbons (Fsp3) is 0.500. The molecule has 1 aromatic heterocycles. The lowest BCUT2D eigenvalue weighted by Gasteiger charge is -1.91. The zero-order chi connectivity index (χ0) is 5.82. The van der Waals surface area contributed by atoms with Gasteiger partial charge in [-0.3, -0.25) is 4.68 Å². The highest BCUT2D eigenvalue weighted by atomic mass is 15.3. The van der Waals surface area contributed by atoms with Crippen LogP contribution in [0, 0.1) is 0 Å². The molecule has 0 atom stereocenters. The highest BCUT2D eigenvalue weighted by Crippen LogP contribution is 1.74. The molecular formula is C4H10N4. The van der Waals surface area contributed by atoms with E-state index in [1.165, 1.54) is 6.33 Å². The van der Waals surface area contributed by atoms with Crippen LogP contribution in [0.1, 0.15) is 1.43 Å². The van der Waals surface area contributed by atoms with Gasteiger partial charge in [-0.25, -0.2) is 4.98 Å². The summed E-state index contributed by atoms with van der Waals surface area (Å²) in [6, 6.07) is 0. The van der Waals surface area contributed by atoms with Crippen molar-refractivity contribution in [2.24, 2.45) is 5.73 Å². The molecule has 1 rings (SSSR count). The number of hydrogen-bond acceptors (Lipinski definition) is 3. The van der Waals surface area contributed by atoms with Crippen molar-refractivity contribution >= 4 is 0 Å². The normalized spacial score (nSPS) is 9.62. The number of aromatic nitrogens is 3. The second-order valence-corrected chi connectivity index (χ2v) is 1.45. The van der Waals surface area contributed by atoms with E-state index >= 15 is 0 Å². The van der Waals surface area contributed by atoms with Crippen molar-refractivity contribution in [1.82, 2.24) is 14.8 Å². The second-order valence-electron chi connectivity index (χ2n) is 1.45. The third-order valence-corrected chi connectivity index (χ3v) is 0.825. The van der Waals surface area contributed by atoms with Crippen LogP contribution in [-0.2, 0) is 6.54 Å². The molecule has 46 valence electrons. The van der Waals surface area contributed by atoms with E-state index in [1.54, 1.807) is 11.0 Å². The van der Waals surface area contributed by atoms with E-state index in [0.29, 0.717) is 6.54 Å². The number of nitrogens with two attached hydrogens (primary N) is 1. The van der Waals surface area contributed by atoms with Gasteiger partial charge in [0.2, 0.25) is 0 Å². The van der Waals surface area contributed by atoms with Gasteiger partial charge in [0.05, 0.1) is 6.54 Å². The van der Waals surface area contributed by atoms with Crippen LogP contribution < -0.4 is 5.73 Å². The van der Waals surface area contributed by atoms with Gasteiger partial charge >= 0.3 is 0 Å². The maximum atomic E-state index is 5.23. The predicted octanol–water partition coefficient (Wildman–Crippen LogP) is -0.517. The molecule has 0 aliphatic rings. The third-order valence-electron chi connectivity index (χ3n) is 0.825. The molecule has 0 bridgehead atoms. The van der Waals surface area contributed by atoms with Gasteiger partial charge in [-0.2, -0.15) is 5.10 Å². The van der Waals surface area contributed by atoms with Crippen molar-refractivity contribution in [3.05, 3.63) is 12.7 Å². The zero-order valence-corrected chi connectivity index (χ0v) is 4.49. The molecule has 0 aromatic carbocycles. The molecule has 0 spiro atoms. The summed E-state index contributed by atoms with van der Waals surface area (Å²) in [5, 5.41) is 3.83. The van der Waals surface area contributed by atoms with Gasteiger partial charge < -0.3 is 5.73 Å². The van der Waals surface area contributed by atoms with E-state index < -0.39 is 0 Å². The minimum Gasteiger partial charge on any atom is -0.329 e. The largest absolute Gasteiger partial charge is 0.329 e. The summed E-state index contributed by atoms with van der Waals surface area (Å²) < 4.78 is 1.69. The van der Waals surface area contributed by atoms with Crippen molar-refractivity contribution in [3.63, 3.8) is 0 Å². The molecule has 4 heteroatoms. The lowest BCUT2D eigenvalue weighted by molar-refractivity contribution is 0.623. The molecular weight excluding hydrogens is 104 g/mol. The van der Waals surface area contributed by atoms with Gasteiger partial charge in [0, 0.05) is 7.97 Å². The van der Waals surface area contributed by atoms with Crippen molar-refractivity contribution in [1.29, 1.82) is 0 Å². The Hall–Kier alpha value is -0.900. The summed E-state index contributed by atoms with van der Waals surface area (Å²) in [4.78, 5) is 3.74. The first-order valence-corrected chi connectivity index (χ1v) is 2.46. The molecule has 1 aromatic rings. The molecule has 0 aliphatic heterocycles. The molecule has 2 N–H and O–H groups in total. The minimum atomic E-state index is 0. The molecule has 1 heterocycles. The zero-order valence-electron chi connectivity index (χ0n) is 4.49. The molecule has 0 saturated carbocycles. The summed E-state index contributed by atoms with van der Waals surface area (Å²) in [6.45, 7) is 1.36. The third kappa shape index (κ3) is 1.04. The second kappa shape index (κ2) is 2.42. The first-order chi connectivity index (χ1) is 3.93. The fourth-order valence-corrected chi connectivity index (χ4v) is 0.480. The van der Waals surface area contributed by atoms with Crippen LogP contribution in [0.5, 0.6) is 0 Å². The maximum absolute atomic E-state index is 5.23. The summed E-state index contributed by atoms with van der Waals surface area (Å²) in [7, 11) is 0. The predicted molar refractivity (Wildman–Crippen MR) is 31.2 cm³/mol. The molecule has 0 aliphatic carbocycles. The van der Waals surface area contributed by atoms with Gasteiger partial charge in [0.1, 0.15) is 12.7 Å². The van der Waals surface area contributed by atoms with Crippen LogP contribution in [0.25, 0.3) is 0 Å². The Kier molecular flexibility index (Phi) is 1.58. The monoisotopic (exact) mass is 114 g/mol. The number of rotatable bonds is 2. The van der Waals surface area contributed by atoms with E-state index in [9.17, 15) is 0 Å². The fourth-order valence-electron chi connectivity index (χ4n) is 0.480. The van der Waals surface area contributed by atoms with Crippen LogP contribution in [0.15, 0.2) is 12.7 Å². The van der Waals surface area contributed by atoms with Gasteiger partial charge in [-0.15, -0.1) is 0 Å². The number of hydrogen-bond donors (Lipinski definition) is 1. The quantitative estimate of drug-likeness (QED) is 0.563. The highest BCUT2D eigenvalue weighted by Gasteiger charge is 1.83. The minimum absolute atomic E-state index is 0. The lowest BCUT2D eigenvalue weighted by atomic mass is 10.7. The van der Waals surface area contributed by atoms with Crippen LogP contribution in [-0.4, -0.2) is 21.3 Å². The van der Waals surface area contributed by atoms with Crippen molar-refractivity contribution in [2.75, 3.05) is 6.54 Å². The average molecular weight is 114 g/mol. The summed E-state index contributed by atoms with van der Waals surface area (Å²) in [5.41, 5.74) is 5.23. The smallest absolute Gasteiger partial charge is 0.137 e. The molecule has 0 amide bonds. The van der Waals surface area contributed by atoms with Crippen LogP contribution in [0.3, 0.4) is 0 Å². The molecule has 4 nitrogen and oxygen atoms in total. The maximum Gasteiger partial charge on any atom is 0.137 e. The van der Waals surface area contributed by atoms with Crippen LogP contribution in [0.2, 0.25) is 0 Å². The Balaban J connectivity index is 0.000000640. The van der Waals surface area contributed by atoms with Gasteiger partial charge in [-0.1, -0.05) is 0 Å². The number of nitrogens with zero attached hydrogens (tertiary/aromatic N) is 3. The topological polar surface area (TPSA) is 56.7 Å². The van der Waals surface area contributed by atoms with Gasteiger partial charge in [-0.05, 0) is 0 Å². The molecule has 0 unspecified atom stereocenters. The molecule has 0 radical (unpaired) electrons. The average Bonchev–Trinajstić information content (AvgIpc) is 2.19. The Bertz CT molecular complexity index is 138. The molecule has 0 fully saturated rings. The first-order valence-electron chi connectivity index (χ1n) is 2.46. The van der Waals surface area contributed by atoms with E-state index in [0.717, 1.165) is 6.54 Å². The summed E-state index contributed by atoms with van der Waals surface area (Å²) in [6.07, 6.45) is 3.14. The van der Waals surface area contributed by atoms with Crippen molar-refractivity contribution in [2.45, 2.75) is 6.54 Å². The highest BCUT2D eigenvalue weighted by molar-refractivity contribution is 4.54. The van der Waals surface area contributed by atoms with Crippen LogP contribution >= 0.6 is 0 Å². The lowest BCUT2D eigenvalue weighted by Crippen LogP contribution is -2.09. The summed E-state index contributed by atoms with van der Waals surface area (Å²) >= 11 is 0. The van der Waals surface area contributed by atoms with Gasteiger partial charge in [0.15, 0.2) is 0 Å². The Morgan fingerprint density at radius 1 is 1.75 bits per heavy atom.